The van der Waals surface area contributed by atoms with Crippen molar-refractivity contribution in [2.75, 3.05) is 11.4 Å². The zero-order chi connectivity index (χ0) is 14.4. The van der Waals surface area contributed by atoms with Crippen molar-refractivity contribution in [2.24, 2.45) is 0 Å². The molecule has 4 heteroatoms. The second-order valence-electron chi connectivity index (χ2n) is 4.51. The summed E-state index contributed by atoms with van der Waals surface area (Å²) in [5.41, 5.74) is 1.14. The molecule has 0 atom stereocenters. The number of anilines is 1. The van der Waals surface area contributed by atoms with Crippen molar-refractivity contribution in [3.05, 3.63) is 60.2 Å². The fourth-order valence-electron chi connectivity index (χ4n) is 1.96. The number of benzene rings is 1. The molecule has 0 unspecified atom stereocenters. The van der Waals surface area contributed by atoms with E-state index in [4.69, 9.17) is 0 Å². The summed E-state index contributed by atoms with van der Waals surface area (Å²) in [6.45, 7) is 2.68. The molecule has 2 aromatic rings. The fourth-order valence-corrected chi connectivity index (χ4v) is 1.96. The van der Waals surface area contributed by atoms with Crippen molar-refractivity contribution in [2.45, 2.75) is 19.8 Å². The third-order valence-electron chi connectivity index (χ3n) is 3.02. The molecule has 0 radical (unpaired) electrons. The number of pyridine rings is 1. The molecule has 2 rings (SSSR count). The average molecular weight is 272 g/mol. The summed E-state index contributed by atoms with van der Waals surface area (Å²) in [4.78, 5) is 17.7. The summed E-state index contributed by atoms with van der Waals surface area (Å²) in [7, 11) is 0. The molecule has 0 spiro atoms. The van der Waals surface area contributed by atoms with Crippen LogP contribution in [0.3, 0.4) is 0 Å². The van der Waals surface area contributed by atoms with Gasteiger partial charge in [-0.1, -0.05) is 31.5 Å². The number of amides is 1. The zero-order valence-electron chi connectivity index (χ0n) is 11.4. The van der Waals surface area contributed by atoms with Crippen LogP contribution in [0.5, 0.6) is 0 Å². The van der Waals surface area contributed by atoms with Gasteiger partial charge in [-0.2, -0.15) is 4.39 Å². The molecule has 1 amide bonds. The highest BCUT2D eigenvalue weighted by molar-refractivity contribution is 6.05. The minimum atomic E-state index is -0.639. The minimum absolute atomic E-state index is 0.203. The highest BCUT2D eigenvalue weighted by atomic mass is 19.1. The molecule has 0 aliphatic rings. The minimum Gasteiger partial charge on any atom is -0.308 e. The van der Waals surface area contributed by atoms with Crippen LogP contribution in [0.4, 0.5) is 10.1 Å². The van der Waals surface area contributed by atoms with E-state index in [1.165, 1.54) is 18.3 Å². The predicted molar refractivity (Wildman–Crippen MR) is 77.2 cm³/mol. The van der Waals surface area contributed by atoms with E-state index in [1.54, 1.807) is 4.90 Å². The molecule has 0 bridgehead atoms. The van der Waals surface area contributed by atoms with Crippen LogP contribution < -0.4 is 4.90 Å². The van der Waals surface area contributed by atoms with Crippen LogP contribution in [0.25, 0.3) is 0 Å². The molecule has 0 saturated heterocycles. The standard InChI is InChI=1S/C16H17FN2O/c1-2-3-11-19(14-7-5-4-6-8-14)16(20)13-9-10-18-15(17)12-13/h4-10,12H,2-3,11H2,1H3. The fraction of sp³-hybridized carbons (Fsp3) is 0.250. The zero-order valence-corrected chi connectivity index (χ0v) is 11.4. The molecule has 20 heavy (non-hydrogen) atoms. The van der Waals surface area contributed by atoms with Crippen LogP contribution in [0.15, 0.2) is 48.7 Å². The van der Waals surface area contributed by atoms with Crippen LogP contribution in [-0.4, -0.2) is 17.4 Å². The number of carbonyl (C=O) groups is 1. The maximum Gasteiger partial charge on any atom is 0.258 e. The topological polar surface area (TPSA) is 33.2 Å². The summed E-state index contributed by atoms with van der Waals surface area (Å²) < 4.78 is 13.2. The monoisotopic (exact) mass is 272 g/mol. The van der Waals surface area contributed by atoms with Gasteiger partial charge in [0.05, 0.1) is 0 Å². The Balaban J connectivity index is 2.29. The number of rotatable bonds is 5. The number of carbonyl (C=O) groups excluding carboxylic acids is 1. The van der Waals surface area contributed by atoms with Crippen molar-refractivity contribution in [3.63, 3.8) is 0 Å². The van der Waals surface area contributed by atoms with Crippen molar-refractivity contribution in [1.82, 2.24) is 4.98 Å². The predicted octanol–water partition coefficient (Wildman–Crippen LogP) is 3.67. The van der Waals surface area contributed by atoms with Crippen molar-refractivity contribution in [3.8, 4) is 0 Å². The summed E-state index contributed by atoms with van der Waals surface area (Å²) in [6.07, 6.45) is 3.20. The van der Waals surface area contributed by atoms with Gasteiger partial charge in [-0.25, -0.2) is 4.98 Å². The van der Waals surface area contributed by atoms with Gasteiger partial charge in [-0.3, -0.25) is 4.79 Å². The van der Waals surface area contributed by atoms with E-state index in [-0.39, 0.29) is 5.91 Å². The lowest BCUT2D eigenvalue weighted by molar-refractivity contribution is 0.0986. The molecule has 104 valence electrons. The average Bonchev–Trinajstić information content (AvgIpc) is 2.48. The normalized spacial score (nSPS) is 10.3. The third kappa shape index (κ3) is 3.41. The van der Waals surface area contributed by atoms with E-state index in [2.05, 4.69) is 11.9 Å². The third-order valence-corrected chi connectivity index (χ3v) is 3.02. The molecular formula is C16H17FN2O. The second-order valence-corrected chi connectivity index (χ2v) is 4.51. The van der Waals surface area contributed by atoms with E-state index < -0.39 is 5.95 Å². The lowest BCUT2D eigenvalue weighted by Gasteiger charge is -2.22. The van der Waals surface area contributed by atoms with Gasteiger partial charge < -0.3 is 4.90 Å². The van der Waals surface area contributed by atoms with E-state index in [0.717, 1.165) is 18.5 Å². The number of unbranched alkanes of at least 4 members (excludes halogenated alkanes) is 1. The molecule has 1 heterocycles. The Morgan fingerprint density at radius 2 is 2.00 bits per heavy atom. The molecular weight excluding hydrogens is 255 g/mol. The number of para-hydroxylation sites is 1. The SMILES string of the molecule is CCCCN(C(=O)c1ccnc(F)c1)c1ccccc1. The maximum atomic E-state index is 13.2. The number of hydrogen-bond donors (Lipinski definition) is 0. The highest BCUT2D eigenvalue weighted by Gasteiger charge is 2.17. The molecule has 1 aromatic carbocycles. The van der Waals surface area contributed by atoms with Gasteiger partial charge in [0.25, 0.3) is 5.91 Å². The molecule has 0 aliphatic heterocycles. The Labute approximate surface area is 118 Å². The first-order valence-electron chi connectivity index (χ1n) is 6.71. The Hall–Kier alpha value is -2.23. The van der Waals surface area contributed by atoms with E-state index in [1.807, 2.05) is 30.3 Å². The van der Waals surface area contributed by atoms with Crippen molar-refractivity contribution in [1.29, 1.82) is 0 Å². The molecule has 0 saturated carbocycles. The quantitative estimate of drug-likeness (QED) is 0.778. The Kier molecular flexibility index (Phi) is 4.82. The molecule has 0 N–H and O–H groups in total. The molecule has 0 aliphatic carbocycles. The smallest absolute Gasteiger partial charge is 0.258 e. The first-order valence-corrected chi connectivity index (χ1v) is 6.71. The second kappa shape index (κ2) is 6.80. The lowest BCUT2D eigenvalue weighted by atomic mass is 10.2. The van der Waals surface area contributed by atoms with Gasteiger partial charge >= 0.3 is 0 Å². The molecule has 0 fully saturated rings. The van der Waals surface area contributed by atoms with Gasteiger partial charge in [0.15, 0.2) is 0 Å². The lowest BCUT2D eigenvalue weighted by Crippen LogP contribution is -2.32. The van der Waals surface area contributed by atoms with Crippen molar-refractivity contribution >= 4 is 11.6 Å². The van der Waals surface area contributed by atoms with E-state index in [0.29, 0.717) is 12.1 Å². The van der Waals surface area contributed by atoms with Crippen LogP contribution in [0, 0.1) is 5.95 Å². The maximum absolute atomic E-state index is 13.2. The molecule has 3 nitrogen and oxygen atoms in total. The summed E-state index contributed by atoms with van der Waals surface area (Å²) in [6, 6.07) is 12.1. The highest BCUT2D eigenvalue weighted by Crippen LogP contribution is 2.17. The summed E-state index contributed by atoms with van der Waals surface area (Å²) in [5, 5.41) is 0. The Morgan fingerprint density at radius 1 is 1.25 bits per heavy atom. The number of halogens is 1. The van der Waals surface area contributed by atoms with Gasteiger partial charge in [0.2, 0.25) is 5.95 Å². The first kappa shape index (κ1) is 14.2. The summed E-state index contributed by atoms with van der Waals surface area (Å²) in [5.74, 6) is -0.842. The first-order chi connectivity index (χ1) is 9.72. The Morgan fingerprint density at radius 3 is 2.65 bits per heavy atom. The molecule has 1 aromatic heterocycles. The number of hydrogen-bond acceptors (Lipinski definition) is 2. The van der Waals surface area contributed by atoms with E-state index in [9.17, 15) is 9.18 Å². The largest absolute Gasteiger partial charge is 0.308 e. The van der Waals surface area contributed by atoms with Gasteiger partial charge in [-0.05, 0) is 24.6 Å². The van der Waals surface area contributed by atoms with Crippen LogP contribution >= 0.6 is 0 Å². The van der Waals surface area contributed by atoms with Gasteiger partial charge in [-0.15, -0.1) is 0 Å². The van der Waals surface area contributed by atoms with Crippen LogP contribution in [-0.2, 0) is 0 Å². The van der Waals surface area contributed by atoms with Gasteiger partial charge in [0, 0.05) is 30.1 Å². The summed E-state index contributed by atoms with van der Waals surface area (Å²) >= 11 is 0. The van der Waals surface area contributed by atoms with E-state index >= 15 is 0 Å². The van der Waals surface area contributed by atoms with Gasteiger partial charge in [0.1, 0.15) is 0 Å². The number of aromatic nitrogens is 1. The van der Waals surface area contributed by atoms with Crippen molar-refractivity contribution < 1.29 is 9.18 Å². The van der Waals surface area contributed by atoms with Crippen LogP contribution in [0.2, 0.25) is 0 Å². The Bertz CT molecular complexity index is 572. The number of nitrogens with zero attached hydrogens (tertiary/aromatic N) is 2. The van der Waals surface area contributed by atoms with Crippen LogP contribution in [0.1, 0.15) is 30.1 Å².